The van der Waals surface area contributed by atoms with Crippen LogP contribution < -0.4 is 20.7 Å². The van der Waals surface area contributed by atoms with Gasteiger partial charge < -0.3 is 32.7 Å². The highest BCUT2D eigenvalue weighted by molar-refractivity contribution is 7.44. The molecule has 14 nitrogen and oxygen atoms in total. The molecule has 15 heteroatoms. The summed E-state index contributed by atoms with van der Waals surface area (Å²) in [6.45, 7) is 11.7. The summed E-state index contributed by atoms with van der Waals surface area (Å²) in [5.41, 5.74) is 0.208. The van der Waals surface area contributed by atoms with Crippen LogP contribution in [0.15, 0.2) is 119 Å². The first-order chi connectivity index (χ1) is 31.7. The molecule has 0 radical (unpaired) electrons. The summed E-state index contributed by atoms with van der Waals surface area (Å²) < 4.78 is 50.0. The maximum atomic E-state index is 14.1. The fourth-order valence-corrected chi connectivity index (χ4v) is 11.0. The van der Waals surface area contributed by atoms with Crippen LogP contribution in [0.25, 0.3) is 0 Å². The maximum Gasteiger partial charge on any atom is 0.338 e. The lowest BCUT2D eigenvalue weighted by atomic mass is 9.75. The van der Waals surface area contributed by atoms with Crippen LogP contribution in [0.3, 0.4) is 0 Å². The number of nitriles is 1. The van der Waals surface area contributed by atoms with Crippen molar-refractivity contribution >= 4 is 14.5 Å². The third-order valence-electron chi connectivity index (χ3n) is 12.4. The lowest BCUT2D eigenvalue weighted by Gasteiger charge is -2.46. The molecule has 7 rings (SSSR count). The van der Waals surface area contributed by atoms with Gasteiger partial charge in [0, 0.05) is 23.8 Å². The first-order valence-electron chi connectivity index (χ1n) is 22.3. The number of H-pyrrole nitrogens is 1. The number of fused-ring (bicyclic) bond motifs is 2. The van der Waals surface area contributed by atoms with E-state index in [0.717, 1.165) is 22.3 Å². The molecule has 348 valence electrons. The van der Waals surface area contributed by atoms with Crippen LogP contribution in [0.1, 0.15) is 91.4 Å². The first-order valence-corrected chi connectivity index (χ1v) is 23.4. The molecule has 0 amide bonds. The Bertz CT molecular complexity index is 2520. The number of esters is 1. The molecule has 1 saturated carbocycles. The van der Waals surface area contributed by atoms with E-state index in [1.165, 1.54) is 10.8 Å². The van der Waals surface area contributed by atoms with Crippen molar-refractivity contribution in [3.63, 3.8) is 0 Å². The van der Waals surface area contributed by atoms with E-state index >= 15 is 0 Å². The van der Waals surface area contributed by atoms with Crippen molar-refractivity contribution in [2.75, 3.05) is 27.4 Å². The van der Waals surface area contributed by atoms with Crippen molar-refractivity contribution in [3.05, 3.63) is 164 Å². The lowest BCUT2D eigenvalue weighted by Crippen LogP contribution is -2.55. The largest absolute Gasteiger partial charge is 0.497 e. The predicted octanol–water partition coefficient (Wildman–Crippen LogP) is 8.74. The maximum absolute atomic E-state index is 14.1. The van der Waals surface area contributed by atoms with Crippen LogP contribution in [0.2, 0.25) is 0 Å². The van der Waals surface area contributed by atoms with Gasteiger partial charge in [0.1, 0.15) is 41.1 Å². The van der Waals surface area contributed by atoms with Gasteiger partial charge in [0.25, 0.3) is 14.1 Å². The van der Waals surface area contributed by atoms with Crippen LogP contribution in [-0.2, 0) is 28.9 Å². The molecular weight excluding hydrogens is 860 g/mol. The Labute approximate surface area is 387 Å². The average Bonchev–Trinajstić information content (AvgIpc) is 3.52. The van der Waals surface area contributed by atoms with Gasteiger partial charge in [0.05, 0.1) is 51.4 Å². The third-order valence-corrected chi connectivity index (χ3v) is 14.5. The standard InChI is InChI=1S/C51H59N4O10P/c1-33(2)55(34(3)4)66(62-30-12-29-52)65-45-44-43(63-48(57)37-17-15-35(5)16-18-37)27-28-50(45,64-47(44)54-31-36(6)46(56)53-49(54)58)32-61-51(38-13-10-9-11-14-38,39-19-23-41(59-7)24-20-39)40-21-25-42(60-8)26-22-40/h9-11,13-26,31,33-34,43-45,47H,12,27-28,30,32H2,1-8H3,(H,53,56,58)/t43-,44+,45-,47+,50+,66?/m0/s1. The number of nitrogens with zero attached hydrogens (tertiary/aromatic N) is 3. The molecule has 6 atom stereocenters. The number of hydrogen-bond acceptors (Lipinski definition) is 12. The van der Waals surface area contributed by atoms with E-state index < -0.39 is 61.3 Å². The topological polar surface area (TPSA) is 164 Å². The highest BCUT2D eigenvalue weighted by atomic mass is 31.2. The second-order valence-corrected chi connectivity index (χ2v) is 18.7. The second-order valence-electron chi connectivity index (χ2n) is 17.3. The third kappa shape index (κ3) is 9.88. The smallest absolute Gasteiger partial charge is 0.338 e. The molecule has 5 aromatic rings. The number of carbonyl (C=O) groups excluding carboxylic acids is 1. The van der Waals surface area contributed by atoms with Crippen molar-refractivity contribution in [2.24, 2.45) is 5.92 Å². The predicted molar refractivity (Wildman–Crippen MR) is 250 cm³/mol. The Kier molecular flexibility index (Phi) is 15.3. The highest BCUT2D eigenvalue weighted by Gasteiger charge is 2.65. The molecule has 2 heterocycles. The summed E-state index contributed by atoms with van der Waals surface area (Å²) in [5.74, 6) is -0.0495. The van der Waals surface area contributed by atoms with Gasteiger partial charge in [-0.1, -0.05) is 72.3 Å². The number of rotatable bonds is 19. The van der Waals surface area contributed by atoms with Gasteiger partial charge in [0.15, 0.2) is 0 Å². The van der Waals surface area contributed by atoms with Crippen LogP contribution >= 0.6 is 8.53 Å². The number of hydrogen-bond donors (Lipinski definition) is 1. The number of methoxy groups -OCH3 is 2. The minimum Gasteiger partial charge on any atom is -0.497 e. The molecular formula is C51H59N4O10P. The minimum absolute atomic E-state index is 0.0566. The van der Waals surface area contributed by atoms with Crippen LogP contribution in [0.4, 0.5) is 0 Å². The molecule has 2 bridgehead atoms. The Morgan fingerprint density at radius 1 is 0.894 bits per heavy atom. The highest BCUT2D eigenvalue weighted by Crippen LogP contribution is 2.59. The SMILES string of the molecule is COc1ccc(C(OC[C@@]23CC[C@H](OC(=O)c4ccc(C)cc4)[C@@H]([C@H](n4cc(C)c(=O)[nH]c4=O)O2)[C@@H]3OP(OCCC#N)N(C(C)C)C(C)C)(c2ccccc2)c2ccc(OC)cc2)cc1. The van der Waals surface area contributed by atoms with Crippen molar-refractivity contribution in [1.29, 1.82) is 5.26 Å². The van der Waals surface area contributed by atoms with Crippen molar-refractivity contribution in [3.8, 4) is 17.6 Å². The van der Waals surface area contributed by atoms with E-state index in [4.69, 9.17) is 32.7 Å². The van der Waals surface area contributed by atoms with Crippen molar-refractivity contribution in [2.45, 2.75) is 103 Å². The Balaban J connectivity index is 1.43. The van der Waals surface area contributed by atoms with Gasteiger partial charge in [-0.25, -0.2) is 14.3 Å². The van der Waals surface area contributed by atoms with Gasteiger partial charge in [-0.2, -0.15) is 5.26 Å². The molecule has 1 N–H and O–H groups in total. The van der Waals surface area contributed by atoms with E-state index in [0.29, 0.717) is 23.5 Å². The zero-order chi connectivity index (χ0) is 47.2. The fourth-order valence-electron chi connectivity index (χ4n) is 9.15. The van der Waals surface area contributed by atoms with Crippen LogP contribution in [0, 0.1) is 31.1 Å². The van der Waals surface area contributed by atoms with E-state index in [1.54, 1.807) is 33.3 Å². The fraction of sp³-hybridized carbons (Fsp3) is 0.412. The minimum atomic E-state index is -1.92. The number of benzene rings is 4. The normalized spacial score (nSPS) is 20.9. The Morgan fingerprint density at radius 3 is 2.05 bits per heavy atom. The van der Waals surface area contributed by atoms with Gasteiger partial charge in [0.2, 0.25) is 0 Å². The molecule has 1 saturated heterocycles. The molecule has 2 fully saturated rings. The summed E-state index contributed by atoms with van der Waals surface area (Å²) in [4.78, 5) is 43.4. The first kappa shape index (κ1) is 48.3. The number of ether oxygens (including phenoxy) is 5. The molecule has 1 aliphatic carbocycles. The van der Waals surface area contributed by atoms with Crippen molar-refractivity contribution in [1.82, 2.24) is 14.2 Å². The van der Waals surface area contributed by atoms with Gasteiger partial charge >= 0.3 is 11.7 Å². The van der Waals surface area contributed by atoms with E-state index in [-0.39, 0.29) is 43.7 Å². The number of aryl methyl sites for hydroxylation is 2. The number of carbonyl (C=O) groups is 1. The van der Waals surface area contributed by atoms with E-state index in [9.17, 15) is 19.6 Å². The average molecular weight is 919 g/mol. The summed E-state index contributed by atoms with van der Waals surface area (Å²) >= 11 is 0. The number of aromatic nitrogens is 2. The molecule has 0 spiro atoms. The quantitative estimate of drug-likeness (QED) is 0.0363. The summed E-state index contributed by atoms with van der Waals surface area (Å²) in [6.07, 6.45) is -0.730. The van der Waals surface area contributed by atoms with E-state index in [2.05, 4.69) is 15.7 Å². The van der Waals surface area contributed by atoms with Gasteiger partial charge in [-0.3, -0.25) is 14.3 Å². The summed E-state index contributed by atoms with van der Waals surface area (Å²) in [5, 5.41) is 9.60. The molecule has 1 aliphatic heterocycles. The Hall–Kier alpha value is -5.65. The van der Waals surface area contributed by atoms with Crippen LogP contribution in [-0.4, -0.2) is 77.5 Å². The second kappa shape index (κ2) is 20.9. The Morgan fingerprint density at radius 2 is 1.48 bits per heavy atom. The molecule has 1 unspecified atom stereocenters. The van der Waals surface area contributed by atoms with Crippen molar-refractivity contribution < 1.29 is 37.5 Å². The van der Waals surface area contributed by atoms with E-state index in [1.807, 2.05) is 126 Å². The zero-order valence-electron chi connectivity index (χ0n) is 38.8. The molecule has 66 heavy (non-hydrogen) atoms. The lowest BCUT2D eigenvalue weighted by molar-refractivity contribution is -0.164. The molecule has 2 aliphatic rings. The zero-order valence-corrected chi connectivity index (χ0v) is 39.7. The summed E-state index contributed by atoms with van der Waals surface area (Å²) in [6, 6.07) is 34.5. The van der Waals surface area contributed by atoms with Crippen LogP contribution in [0.5, 0.6) is 11.5 Å². The van der Waals surface area contributed by atoms with Gasteiger partial charge in [-0.05, 0) is 107 Å². The molecule has 4 aromatic carbocycles. The monoisotopic (exact) mass is 918 g/mol. The molecule has 1 aromatic heterocycles. The number of aromatic amines is 1. The summed E-state index contributed by atoms with van der Waals surface area (Å²) in [7, 11) is 1.31. The number of nitrogens with one attached hydrogen (secondary N) is 1. The van der Waals surface area contributed by atoms with Gasteiger partial charge in [-0.15, -0.1) is 0 Å².